The molecule has 0 radical (unpaired) electrons. The second-order valence-electron chi connectivity index (χ2n) is 6.55. The zero-order valence-corrected chi connectivity index (χ0v) is 12.6. The maximum atomic E-state index is 12.4. The van der Waals surface area contributed by atoms with Crippen LogP contribution >= 0.6 is 0 Å². The van der Waals surface area contributed by atoms with Gasteiger partial charge >= 0.3 is 6.18 Å². The molecule has 0 bridgehead atoms. The largest absolute Gasteiger partial charge is 0.390 e. The molecule has 0 aromatic heterocycles. The third kappa shape index (κ3) is 3.82. The summed E-state index contributed by atoms with van der Waals surface area (Å²) in [6.45, 7) is 2.14. The molecule has 2 nitrogen and oxygen atoms in total. The van der Waals surface area contributed by atoms with E-state index in [0.29, 0.717) is 19.1 Å². The van der Waals surface area contributed by atoms with Crippen molar-refractivity contribution in [2.45, 2.75) is 43.4 Å². The van der Waals surface area contributed by atoms with Crippen LogP contribution in [-0.4, -0.2) is 42.9 Å². The number of alkyl halides is 3. The number of piperidine rings is 1. The van der Waals surface area contributed by atoms with Crippen LogP contribution in [0, 0.1) is 0 Å². The first kappa shape index (κ1) is 15.8. The van der Waals surface area contributed by atoms with E-state index in [1.54, 1.807) is 0 Å². The van der Waals surface area contributed by atoms with Gasteiger partial charge in [-0.05, 0) is 31.4 Å². The van der Waals surface area contributed by atoms with Crippen LogP contribution in [0.25, 0.3) is 0 Å². The molecule has 0 N–H and O–H groups in total. The van der Waals surface area contributed by atoms with Crippen molar-refractivity contribution in [2.75, 3.05) is 26.2 Å². The Hall–Kier alpha value is -1.07. The lowest BCUT2D eigenvalue weighted by Gasteiger charge is -2.40. The average Bonchev–Trinajstić information content (AvgIpc) is 2.89. The van der Waals surface area contributed by atoms with Crippen molar-refractivity contribution in [1.82, 2.24) is 4.90 Å². The minimum atomic E-state index is -4.08. The van der Waals surface area contributed by atoms with E-state index in [1.807, 2.05) is 23.1 Å². The number of hydrogen-bond donors (Lipinski definition) is 0. The normalized spacial score (nSPS) is 30.0. The van der Waals surface area contributed by atoms with Gasteiger partial charge in [-0.2, -0.15) is 13.2 Å². The van der Waals surface area contributed by atoms with Crippen molar-refractivity contribution in [1.29, 1.82) is 0 Å². The lowest BCUT2D eigenvalue weighted by atomic mass is 9.84. The summed E-state index contributed by atoms with van der Waals surface area (Å²) < 4.78 is 43.3. The predicted octanol–water partition coefficient (Wildman–Crippen LogP) is 3.98. The van der Waals surface area contributed by atoms with Crippen LogP contribution < -0.4 is 0 Å². The van der Waals surface area contributed by atoms with Crippen molar-refractivity contribution in [3.63, 3.8) is 0 Å². The highest BCUT2D eigenvalue weighted by Gasteiger charge is 2.44. The lowest BCUT2D eigenvalue weighted by Crippen LogP contribution is -2.48. The summed E-state index contributed by atoms with van der Waals surface area (Å²) in [6.07, 6.45) is -2.02. The Kier molecular flexibility index (Phi) is 4.46. The van der Waals surface area contributed by atoms with Crippen molar-refractivity contribution >= 4 is 0 Å². The van der Waals surface area contributed by atoms with Crippen molar-refractivity contribution in [2.24, 2.45) is 0 Å². The fourth-order valence-electron chi connectivity index (χ4n) is 3.73. The summed E-state index contributed by atoms with van der Waals surface area (Å²) in [5.41, 5.74) is 1.02. The number of hydrogen-bond acceptors (Lipinski definition) is 2. The summed E-state index contributed by atoms with van der Waals surface area (Å²) in [4.78, 5) is 1.92. The minimum absolute atomic E-state index is 0.0879. The molecule has 3 rings (SSSR count). The summed E-state index contributed by atoms with van der Waals surface area (Å²) in [5, 5.41) is 0. The van der Waals surface area contributed by atoms with Gasteiger partial charge in [-0.3, -0.25) is 0 Å². The van der Waals surface area contributed by atoms with E-state index in [2.05, 4.69) is 12.1 Å². The maximum Gasteiger partial charge on any atom is 0.390 e. The quantitative estimate of drug-likeness (QED) is 0.837. The molecule has 0 aliphatic carbocycles. The molecule has 5 heteroatoms. The maximum absolute atomic E-state index is 12.4. The van der Waals surface area contributed by atoms with Gasteiger partial charge in [0.1, 0.15) is 0 Å². The summed E-state index contributed by atoms with van der Waals surface area (Å²) in [6, 6.07) is 10.3. The van der Waals surface area contributed by atoms with E-state index < -0.39 is 12.6 Å². The second kappa shape index (κ2) is 6.20. The molecule has 2 aliphatic rings. The molecule has 2 atom stereocenters. The first-order valence-electron chi connectivity index (χ1n) is 7.94. The van der Waals surface area contributed by atoms with Crippen LogP contribution in [0.1, 0.15) is 37.2 Å². The molecule has 1 spiro atoms. The highest BCUT2D eigenvalue weighted by atomic mass is 19.4. The molecule has 122 valence electrons. The Morgan fingerprint density at radius 2 is 2.00 bits per heavy atom. The Morgan fingerprint density at radius 1 is 1.23 bits per heavy atom. The number of halogens is 3. The molecule has 2 saturated heterocycles. The van der Waals surface area contributed by atoms with Gasteiger partial charge in [-0.25, -0.2) is 0 Å². The van der Waals surface area contributed by atoms with E-state index in [0.717, 1.165) is 25.8 Å². The van der Waals surface area contributed by atoms with Crippen LogP contribution in [-0.2, 0) is 4.74 Å². The molecule has 1 aromatic carbocycles. The zero-order chi connectivity index (χ0) is 15.6. The Balaban J connectivity index is 1.60. The second-order valence-corrected chi connectivity index (χ2v) is 6.55. The number of nitrogens with zero attached hydrogens (tertiary/aromatic N) is 1. The van der Waals surface area contributed by atoms with Crippen LogP contribution in [0.15, 0.2) is 30.3 Å². The van der Waals surface area contributed by atoms with Gasteiger partial charge in [-0.15, -0.1) is 0 Å². The Labute approximate surface area is 129 Å². The molecule has 0 amide bonds. The van der Waals surface area contributed by atoms with E-state index in [4.69, 9.17) is 4.74 Å². The molecule has 1 aromatic rings. The predicted molar refractivity (Wildman–Crippen MR) is 78.8 cm³/mol. The molecule has 2 fully saturated rings. The summed E-state index contributed by atoms with van der Waals surface area (Å²) >= 11 is 0. The monoisotopic (exact) mass is 313 g/mol. The number of benzene rings is 1. The van der Waals surface area contributed by atoms with E-state index in [9.17, 15) is 13.2 Å². The number of likely N-dealkylation sites (tertiary alicyclic amines) is 1. The van der Waals surface area contributed by atoms with Crippen LogP contribution in [0.2, 0.25) is 0 Å². The molecule has 0 saturated carbocycles. The van der Waals surface area contributed by atoms with Crippen LogP contribution in [0.5, 0.6) is 0 Å². The van der Waals surface area contributed by atoms with Crippen LogP contribution in [0.4, 0.5) is 13.2 Å². The molecular formula is C17H22F3NO. The van der Waals surface area contributed by atoms with Crippen LogP contribution in [0.3, 0.4) is 0 Å². The summed E-state index contributed by atoms with van der Waals surface area (Å²) in [5.74, 6) is 0.365. The van der Waals surface area contributed by atoms with E-state index >= 15 is 0 Å². The zero-order valence-electron chi connectivity index (χ0n) is 12.6. The third-order valence-electron chi connectivity index (χ3n) is 4.81. The highest BCUT2D eigenvalue weighted by Crippen LogP contribution is 2.41. The van der Waals surface area contributed by atoms with Gasteiger partial charge in [0.15, 0.2) is 0 Å². The van der Waals surface area contributed by atoms with E-state index in [-0.39, 0.29) is 12.1 Å². The smallest absolute Gasteiger partial charge is 0.373 e. The number of ether oxygens (including phenoxy) is 1. The van der Waals surface area contributed by atoms with Gasteiger partial charge in [0, 0.05) is 19.0 Å². The van der Waals surface area contributed by atoms with Gasteiger partial charge in [0.05, 0.1) is 18.6 Å². The molecule has 2 aliphatic heterocycles. The summed E-state index contributed by atoms with van der Waals surface area (Å²) in [7, 11) is 0. The molecule has 2 heterocycles. The fourth-order valence-corrected chi connectivity index (χ4v) is 3.73. The average molecular weight is 313 g/mol. The standard InChI is InChI=1S/C17H22F3NO/c18-17(19,20)8-10-21-9-4-7-16(13-21)11-15(12-22-16)14-5-2-1-3-6-14/h1-3,5-6,15H,4,7-13H2. The number of rotatable bonds is 3. The SMILES string of the molecule is FC(F)(F)CCN1CCCC2(CC(c3ccccc3)CO2)C1. The topological polar surface area (TPSA) is 12.5 Å². The molecule has 22 heavy (non-hydrogen) atoms. The minimum Gasteiger partial charge on any atom is -0.373 e. The highest BCUT2D eigenvalue weighted by molar-refractivity contribution is 5.22. The Morgan fingerprint density at radius 3 is 2.73 bits per heavy atom. The van der Waals surface area contributed by atoms with Crippen molar-refractivity contribution < 1.29 is 17.9 Å². The first-order chi connectivity index (χ1) is 10.5. The van der Waals surface area contributed by atoms with Gasteiger partial charge in [0.2, 0.25) is 0 Å². The first-order valence-corrected chi connectivity index (χ1v) is 7.94. The van der Waals surface area contributed by atoms with Gasteiger partial charge < -0.3 is 9.64 Å². The van der Waals surface area contributed by atoms with Gasteiger partial charge in [-0.1, -0.05) is 30.3 Å². The molecule has 2 unspecified atom stereocenters. The lowest BCUT2D eigenvalue weighted by molar-refractivity contribution is -0.142. The van der Waals surface area contributed by atoms with Crippen molar-refractivity contribution in [3.05, 3.63) is 35.9 Å². The van der Waals surface area contributed by atoms with Gasteiger partial charge in [0.25, 0.3) is 0 Å². The van der Waals surface area contributed by atoms with Crippen molar-refractivity contribution in [3.8, 4) is 0 Å². The molecular weight excluding hydrogens is 291 g/mol. The van der Waals surface area contributed by atoms with E-state index in [1.165, 1.54) is 5.56 Å². The Bertz CT molecular complexity index is 490. The third-order valence-corrected chi connectivity index (χ3v) is 4.81. The fraction of sp³-hybridized carbons (Fsp3) is 0.647.